The predicted molar refractivity (Wildman–Crippen MR) is 61.0 cm³/mol. The van der Waals surface area contributed by atoms with Crippen molar-refractivity contribution in [2.24, 2.45) is 11.5 Å². The molecule has 0 radical (unpaired) electrons. The van der Waals surface area contributed by atoms with Crippen LogP contribution in [-0.2, 0) is 0 Å². The molecule has 86 valence electrons. The Morgan fingerprint density at radius 2 is 2.20 bits per heavy atom. The molecule has 0 saturated heterocycles. The normalized spacial score (nSPS) is 30.8. The molecule has 2 atom stereocenters. The molecule has 2 unspecified atom stereocenters. The van der Waals surface area contributed by atoms with Crippen LogP contribution in [-0.4, -0.2) is 37.1 Å². The lowest BCUT2D eigenvalue weighted by molar-refractivity contribution is 0.349. The van der Waals surface area contributed by atoms with Gasteiger partial charge < -0.3 is 16.4 Å². The van der Waals surface area contributed by atoms with Gasteiger partial charge in [-0.25, -0.2) is 4.39 Å². The molecule has 4 N–H and O–H groups in total. The van der Waals surface area contributed by atoms with E-state index < -0.39 is 11.6 Å². The number of allylic oxidation sites excluding steroid dienone is 2. The molecule has 4 heteroatoms. The molecule has 15 heavy (non-hydrogen) atoms. The Morgan fingerprint density at radius 3 is 2.73 bits per heavy atom. The minimum Gasteiger partial charge on any atom is -0.323 e. The quantitative estimate of drug-likeness (QED) is 0.725. The minimum absolute atomic E-state index is 0.295. The van der Waals surface area contributed by atoms with Gasteiger partial charge in [0.05, 0.1) is 5.54 Å². The Morgan fingerprint density at radius 1 is 1.53 bits per heavy atom. The fourth-order valence-electron chi connectivity index (χ4n) is 1.68. The maximum Gasteiger partial charge on any atom is 0.120 e. The smallest absolute Gasteiger partial charge is 0.120 e. The van der Waals surface area contributed by atoms with Gasteiger partial charge in [0, 0.05) is 6.04 Å². The summed E-state index contributed by atoms with van der Waals surface area (Å²) in [6, 6.07) is -0.426. The fraction of sp³-hybridized carbons (Fsp3) is 0.636. The third-order valence-electron chi connectivity index (χ3n) is 2.73. The number of hydrogen-bond acceptors (Lipinski definition) is 3. The highest BCUT2D eigenvalue weighted by Crippen LogP contribution is 2.23. The number of nitrogens with zero attached hydrogens (tertiary/aromatic N) is 1. The summed E-state index contributed by atoms with van der Waals surface area (Å²) < 4.78 is 12.9. The number of rotatable bonds is 4. The lowest BCUT2D eigenvalue weighted by Crippen LogP contribution is -2.54. The highest BCUT2D eigenvalue weighted by molar-refractivity contribution is 5.29. The molecule has 0 heterocycles. The van der Waals surface area contributed by atoms with Crippen molar-refractivity contribution in [2.45, 2.75) is 24.4 Å². The van der Waals surface area contributed by atoms with Gasteiger partial charge in [0.2, 0.25) is 0 Å². The second-order valence-electron chi connectivity index (χ2n) is 4.43. The van der Waals surface area contributed by atoms with E-state index in [0.29, 0.717) is 0 Å². The van der Waals surface area contributed by atoms with Crippen molar-refractivity contribution in [3.05, 3.63) is 24.1 Å². The average molecular weight is 213 g/mol. The molecule has 1 aliphatic carbocycles. The molecule has 0 aromatic heterocycles. The van der Waals surface area contributed by atoms with E-state index in [2.05, 4.69) is 4.90 Å². The summed E-state index contributed by atoms with van der Waals surface area (Å²) >= 11 is 0. The van der Waals surface area contributed by atoms with E-state index in [1.165, 1.54) is 12.2 Å². The molecular formula is C11H20FN3. The minimum atomic E-state index is -0.592. The standard InChI is InChI=1S/C11H20FN3/c1-15(2)7-3-5-11(14)6-4-9(12)8-10(11)13/h4,6,8,10H,3,5,7,13-14H2,1-2H3. The highest BCUT2D eigenvalue weighted by Gasteiger charge is 2.30. The van der Waals surface area contributed by atoms with Gasteiger partial charge in [-0.05, 0) is 45.6 Å². The van der Waals surface area contributed by atoms with Crippen LogP contribution >= 0.6 is 0 Å². The van der Waals surface area contributed by atoms with E-state index in [-0.39, 0.29) is 5.83 Å². The first kappa shape index (κ1) is 12.4. The Balaban J connectivity index is 2.50. The number of nitrogens with two attached hydrogens (primary N) is 2. The molecule has 0 saturated carbocycles. The van der Waals surface area contributed by atoms with Crippen LogP contribution < -0.4 is 11.5 Å². The van der Waals surface area contributed by atoms with Crippen molar-refractivity contribution in [3.63, 3.8) is 0 Å². The average Bonchev–Trinajstić information content (AvgIpc) is 2.12. The van der Waals surface area contributed by atoms with Gasteiger partial charge in [0.15, 0.2) is 0 Å². The van der Waals surface area contributed by atoms with Crippen LogP contribution in [0.15, 0.2) is 24.1 Å². The van der Waals surface area contributed by atoms with Gasteiger partial charge >= 0.3 is 0 Å². The molecular weight excluding hydrogens is 193 g/mol. The maximum atomic E-state index is 12.9. The van der Waals surface area contributed by atoms with Crippen molar-refractivity contribution in [2.75, 3.05) is 20.6 Å². The van der Waals surface area contributed by atoms with Crippen molar-refractivity contribution in [3.8, 4) is 0 Å². The predicted octanol–water partition coefficient (Wildman–Crippen LogP) is 0.776. The van der Waals surface area contributed by atoms with Gasteiger partial charge in [0.1, 0.15) is 5.83 Å². The van der Waals surface area contributed by atoms with Gasteiger partial charge in [-0.1, -0.05) is 6.08 Å². The third-order valence-corrected chi connectivity index (χ3v) is 2.73. The monoisotopic (exact) mass is 213 g/mol. The van der Waals surface area contributed by atoms with Crippen molar-refractivity contribution >= 4 is 0 Å². The SMILES string of the molecule is CN(C)CCCC1(N)C=CC(F)=CC1N. The Hall–Kier alpha value is -0.710. The molecule has 0 amide bonds. The topological polar surface area (TPSA) is 55.3 Å². The summed E-state index contributed by atoms with van der Waals surface area (Å²) in [5, 5.41) is 0. The van der Waals surface area contributed by atoms with E-state index in [0.717, 1.165) is 19.4 Å². The summed E-state index contributed by atoms with van der Waals surface area (Å²) in [4.78, 5) is 2.10. The Kier molecular flexibility index (Phi) is 4.02. The van der Waals surface area contributed by atoms with Gasteiger partial charge in [-0.2, -0.15) is 0 Å². The van der Waals surface area contributed by atoms with Crippen LogP contribution in [0.1, 0.15) is 12.8 Å². The van der Waals surface area contributed by atoms with E-state index in [1.807, 2.05) is 14.1 Å². The number of halogens is 1. The Labute approximate surface area is 90.6 Å². The summed E-state index contributed by atoms with van der Waals surface area (Å²) in [6.45, 7) is 0.964. The highest BCUT2D eigenvalue weighted by atomic mass is 19.1. The molecule has 0 bridgehead atoms. The van der Waals surface area contributed by atoms with Crippen molar-refractivity contribution in [1.29, 1.82) is 0 Å². The lowest BCUT2D eigenvalue weighted by atomic mass is 9.83. The van der Waals surface area contributed by atoms with E-state index in [1.54, 1.807) is 6.08 Å². The summed E-state index contributed by atoms with van der Waals surface area (Å²) in [6.07, 6.45) is 6.20. The van der Waals surface area contributed by atoms with Crippen LogP contribution in [0.5, 0.6) is 0 Å². The second kappa shape index (κ2) is 4.88. The zero-order valence-corrected chi connectivity index (χ0v) is 9.41. The first-order chi connectivity index (χ1) is 6.94. The van der Waals surface area contributed by atoms with E-state index in [9.17, 15) is 4.39 Å². The van der Waals surface area contributed by atoms with Crippen LogP contribution in [0.4, 0.5) is 4.39 Å². The van der Waals surface area contributed by atoms with Gasteiger partial charge in [-0.3, -0.25) is 0 Å². The fourth-order valence-corrected chi connectivity index (χ4v) is 1.68. The summed E-state index contributed by atoms with van der Waals surface area (Å²) in [5.74, 6) is -0.295. The zero-order chi connectivity index (χ0) is 11.5. The molecule has 0 aromatic rings. The van der Waals surface area contributed by atoms with Crippen LogP contribution in [0, 0.1) is 0 Å². The zero-order valence-electron chi connectivity index (χ0n) is 9.41. The second-order valence-corrected chi connectivity index (χ2v) is 4.43. The van der Waals surface area contributed by atoms with Crippen molar-refractivity contribution < 1.29 is 4.39 Å². The summed E-state index contributed by atoms with van der Waals surface area (Å²) in [5.41, 5.74) is 11.3. The molecule has 0 aliphatic heterocycles. The van der Waals surface area contributed by atoms with Crippen LogP contribution in [0.3, 0.4) is 0 Å². The third kappa shape index (κ3) is 3.41. The van der Waals surface area contributed by atoms with Crippen LogP contribution in [0.25, 0.3) is 0 Å². The molecule has 1 aliphatic rings. The maximum absolute atomic E-state index is 12.9. The van der Waals surface area contributed by atoms with Gasteiger partial charge in [0.25, 0.3) is 0 Å². The molecule has 0 spiro atoms. The van der Waals surface area contributed by atoms with Crippen molar-refractivity contribution in [1.82, 2.24) is 4.90 Å². The van der Waals surface area contributed by atoms with E-state index >= 15 is 0 Å². The first-order valence-electron chi connectivity index (χ1n) is 5.20. The van der Waals surface area contributed by atoms with Gasteiger partial charge in [-0.15, -0.1) is 0 Å². The first-order valence-corrected chi connectivity index (χ1v) is 5.20. The van der Waals surface area contributed by atoms with Crippen LogP contribution in [0.2, 0.25) is 0 Å². The largest absolute Gasteiger partial charge is 0.323 e. The Bertz CT molecular complexity index is 273. The molecule has 0 aromatic carbocycles. The molecule has 3 nitrogen and oxygen atoms in total. The number of hydrogen-bond donors (Lipinski definition) is 2. The summed E-state index contributed by atoms with van der Waals surface area (Å²) in [7, 11) is 4.03. The molecule has 1 rings (SSSR count). The molecule has 0 fully saturated rings. The lowest BCUT2D eigenvalue weighted by Gasteiger charge is -2.33. The van der Waals surface area contributed by atoms with E-state index in [4.69, 9.17) is 11.5 Å².